The van der Waals surface area contributed by atoms with E-state index < -0.39 is 0 Å². The van der Waals surface area contributed by atoms with Gasteiger partial charge in [-0.05, 0) is 55.0 Å². The van der Waals surface area contributed by atoms with Gasteiger partial charge in [-0.1, -0.05) is 31.4 Å². The molecule has 0 spiro atoms. The molecule has 2 N–H and O–H groups in total. The van der Waals surface area contributed by atoms with E-state index in [0.29, 0.717) is 12.1 Å². The minimum absolute atomic E-state index is 0.0102. The Hall–Kier alpha value is -1.40. The lowest BCUT2D eigenvalue weighted by Crippen LogP contribution is -2.54. The highest BCUT2D eigenvalue weighted by Gasteiger charge is 2.34. The molecule has 0 bridgehead atoms. The predicted octanol–water partition coefficient (Wildman–Crippen LogP) is 2.56. The Bertz CT molecular complexity index is 583. The maximum absolute atomic E-state index is 12.1. The van der Waals surface area contributed by atoms with Crippen LogP contribution in [-0.4, -0.2) is 49.4 Å². The number of likely N-dealkylation sites (N-methyl/N-ethyl adjacent to an activating group) is 1. The van der Waals surface area contributed by atoms with Crippen LogP contribution in [-0.2, 0) is 4.79 Å². The summed E-state index contributed by atoms with van der Waals surface area (Å²) >= 11 is 3.34. The van der Waals surface area contributed by atoms with Crippen molar-refractivity contribution in [2.24, 2.45) is 0 Å². The second kappa shape index (κ2) is 8.62. The standard InChI is InChI=1S/C18H26BrN3O2/c1-22(2)18(10-6-3-7-11-18)13-21-16(23)12-20-17(24)14-8-4-5-9-15(14)19/h4-5,8-9H,3,6-7,10-13H2,1-2H3,(H,20,24)(H,21,23). The number of nitrogens with one attached hydrogen (secondary N) is 2. The van der Waals surface area contributed by atoms with E-state index in [1.54, 1.807) is 18.2 Å². The number of amides is 2. The second-order valence-corrected chi connectivity index (χ2v) is 7.47. The molecule has 1 aromatic rings. The van der Waals surface area contributed by atoms with Gasteiger partial charge in [0.2, 0.25) is 5.91 Å². The lowest BCUT2D eigenvalue weighted by molar-refractivity contribution is -0.120. The number of carbonyl (C=O) groups is 2. The van der Waals surface area contributed by atoms with E-state index in [-0.39, 0.29) is 23.9 Å². The van der Waals surface area contributed by atoms with E-state index in [0.717, 1.165) is 17.3 Å². The Labute approximate surface area is 152 Å². The highest BCUT2D eigenvalue weighted by atomic mass is 79.9. The molecule has 0 atom stereocenters. The van der Waals surface area contributed by atoms with E-state index >= 15 is 0 Å². The van der Waals surface area contributed by atoms with Gasteiger partial charge in [-0.15, -0.1) is 0 Å². The summed E-state index contributed by atoms with van der Waals surface area (Å²) < 4.78 is 0.719. The molecule has 0 aromatic heterocycles. The molecule has 132 valence electrons. The normalized spacial score (nSPS) is 16.7. The van der Waals surface area contributed by atoms with Crippen LogP contribution in [0.4, 0.5) is 0 Å². The average Bonchev–Trinajstić information content (AvgIpc) is 2.59. The zero-order valence-corrected chi connectivity index (χ0v) is 16.0. The van der Waals surface area contributed by atoms with Crippen molar-refractivity contribution >= 4 is 27.7 Å². The van der Waals surface area contributed by atoms with Gasteiger partial charge < -0.3 is 15.5 Å². The molecule has 6 heteroatoms. The van der Waals surface area contributed by atoms with Gasteiger partial charge in [0.1, 0.15) is 0 Å². The first kappa shape index (κ1) is 18.9. The van der Waals surface area contributed by atoms with E-state index in [1.165, 1.54) is 19.3 Å². The van der Waals surface area contributed by atoms with Gasteiger partial charge in [0.25, 0.3) is 5.91 Å². The smallest absolute Gasteiger partial charge is 0.252 e. The summed E-state index contributed by atoms with van der Waals surface area (Å²) in [6.45, 7) is 0.618. The molecule has 0 heterocycles. The van der Waals surface area contributed by atoms with Gasteiger partial charge in [-0.2, -0.15) is 0 Å². The van der Waals surface area contributed by atoms with Crippen molar-refractivity contribution in [2.45, 2.75) is 37.6 Å². The molecule has 2 rings (SSSR count). The molecule has 0 saturated heterocycles. The van der Waals surface area contributed by atoms with Crippen molar-refractivity contribution < 1.29 is 9.59 Å². The molecular formula is C18H26BrN3O2. The van der Waals surface area contributed by atoms with E-state index in [1.807, 2.05) is 6.07 Å². The van der Waals surface area contributed by atoms with Crippen LogP contribution in [0, 0.1) is 0 Å². The number of halogens is 1. The number of hydrogen-bond donors (Lipinski definition) is 2. The quantitative estimate of drug-likeness (QED) is 0.777. The van der Waals surface area contributed by atoms with Crippen LogP contribution in [0.2, 0.25) is 0 Å². The Kier molecular flexibility index (Phi) is 6.80. The van der Waals surface area contributed by atoms with Crippen LogP contribution in [0.15, 0.2) is 28.7 Å². The number of nitrogens with zero attached hydrogens (tertiary/aromatic N) is 1. The molecule has 24 heavy (non-hydrogen) atoms. The Morgan fingerprint density at radius 1 is 1.12 bits per heavy atom. The molecule has 0 radical (unpaired) electrons. The first-order chi connectivity index (χ1) is 11.4. The van der Waals surface area contributed by atoms with E-state index in [2.05, 4.69) is 45.6 Å². The SMILES string of the molecule is CN(C)C1(CNC(=O)CNC(=O)c2ccccc2Br)CCCCC1. The summed E-state index contributed by atoms with van der Waals surface area (Å²) in [5.74, 6) is -0.403. The van der Waals surface area contributed by atoms with Crippen molar-refractivity contribution in [2.75, 3.05) is 27.2 Å². The number of carbonyl (C=O) groups excluding carboxylic acids is 2. The summed E-state index contributed by atoms with van der Waals surface area (Å²) in [6, 6.07) is 7.17. The van der Waals surface area contributed by atoms with Gasteiger partial charge in [0.15, 0.2) is 0 Å². The summed E-state index contributed by atoms with van der Waals surface area (Å²) in [7, 11) is 4.15. The van der Waals surface area contributed by atoms with Crippen LogP contribution in [0.5, 0.6) is 0 Å². The maximum atomic E-state index is 12.1. The van der Waals surface area contributed by atoms with Crippen LogP contribution in [0.3, 0.4) is 0 Å². The molecule has 2 amide bonds. The van der Waals surface area contributed by atoms with Crippen LogP contribution >= 0.6 is 15.9 Å². The third kappa shape index (κ3) is 4.80. The lowest BCUT2D eigenvalue weighted by Gasteiger charge is -2.43. The van der Waals surface area contributed by atoms with Gasteiger partial charge in [0, 0.05) is 16.6 Å². The van der Waals surface area contributed by atoms with E-state index in [4.69, 9.17) is 0 Å². The number of benzene rings is 1. The zero-order chi connectivity index (χ0) is 17.6. The molecule has 0 unspecified atom stereocenters. The molecule has 5 nitrogen and oxygen atoms in total. The molecular weight excluding hydrogens is 370 g/mol. The molecule has 1 aromatic carbocycles. The fraction of sp³-hybridized carbons (Fsp3) is 0.556. The second-order valence-electron chi connectivity index (χ2n) is 6.62. The number of hydrogen-bond acceptors (Lipinski definition) is 3. The Balaban J connectivity index is 1.83. The van der Waals surface area contributed by atoms with Crippen LogP contribution in [0.1, 0.15) is 42.5 Å². The highest BCUT2D eigenvalue weighted by Crippen LogP contribution is 2.31. The zero-order valence-electron chi connectivity index (χ0n) is 14.4. The van der Waals surface area contributed by atoms with Crippen molar-refractivity contribution in [1.82, 2.24) is 15.5 Å². The highest BCUT2D eigenvalue weighted by molar-refractivity contribution is 9.10. The first-order valence-corrected chi connectivity index (χ1v) is 9.21. The lowest BCUT2D eigenvalue weighted by atomic mass is 9.80. The number of rotatable bonds is 6. The van der Waals surface area contributed by atoms with Crippen molar-refractivity contribution in [3.8, 4) is 0 Å². The summed E-state index contributed by atoms with van der Waals surface area (Å²) in [5, 5.41) is 5.66. The first-order valence-electron chi connectivity index (χ1n) is 8.41. The van der Waals surface area contributed by atoms with Gasteiger partial charge in [0.05, 0.1) is 12.1 Å². The summed E-state index contributed by atoms with van der Waals surface area (Å²) in [6.07, 6.45) is 5.87. The van der Waals surface area contributed by atoms with Crippen molar-refractivity contribution in [1.29, 1.82) is 0 Å². The average molecular weight is 396 g/mol. The molecule has 1 aliphatic rings. The largest absolute Gasteiger partial charge is 0.353 e. The molecule has 1 aliphatic carbocycles. The third-order valence-corrected chi connectivity index (χ3v) is 5.57. The van der Waals surface area contributed by atoms with Crippen molar-refractivity contribution in [3.05, 3.63) is 34.3 Å². The van der Waals surface area contributed by atoms with Gasteiger partial charge in [-0.3, -0.25) is 9.59 Å². The Morgan fingerprint density at radius 2 is 1.79 bits per heavy atom. The Morgan fingerprint density at radius 3 is 2.42 bits per heavy atom. The maximum Gasteiger partial charge on any atom is 0.252 e. The fourth-order valence-corrected chi connectivity index (χ4v) is 3.68. The minimum atomic E-state index is -0.252. The third-order valence-electron chi connectivity index (χ3n) is 4.88. The summed E-state index contributed by atoms with van der Waals surface area (Å²) in [5.41, 5.74) is 0.572. The minimum Gasteiger partial charge on any atom is -0.353 e. The van der Waals surface area contributed by atoms with Gasteiger partial charge >= 0.3 is 0 Å². The van der Waals surface area contributed by atoms with Crippen LogP contribution in [0.25, 0.3) is 0 Å². The van der Waals surface area contributed by atoms with Crippen molar-refractivity contribution in [3.63, 3.8) is 0 Å². The molecule has 1 saturated carbocycles. The topological polar surface area (TPSA) is 61.4 Å². The molecule has 0 aliphatic heterocycles. The van der Waals surface area contributed by atoms with Crippen LogP contribution < -0.4 is 10.6 Å². The fourth-order valence-electron chi connectivity index (χ4n) is 3.22. The predicted molar refractivity (Wildman–Crippen MR) is 99.0 cm³/mol. The van der Waals surface area contributed by atoms with E-state index in [9.17, 15) is 9.59 Å². The van der Waals surface area contributed by atoms with Gasteiger partial charge in [-0.25, -0.2) is 0 Å². The molecule has 1 fully saturated rings. The monoisotopic (exact) mass is 395 g/mol. The summed E-state index contributed by atoms with van der Waals surface area (Å²) in [4.78, 5) is 26.5.